The van der Waals surface area contributed by atoms with Crippen molar-refractivity contribution in [3.63, 3.8) is 0 Å². The molecule has 0 bridgehead atoms. The Bertz CT molecular complexity index is 431. The van der Waals surface area contributed by atoms with Crippen molar-refractivity contribution in [3.8, 4) is 11.5 Å². The van der Waals surface area contributed by atoms with E-state index in [4.69, 9.17) is 21.1 Å². The second kappa shape index (κ2) is 4.02. The lowest BCUT2D eigenvalue weighted by atomic mass is 10.0. The van der Waals surface area contributed by atoms with Crippen molar-refractivity contribution in [1.82, 2.24) is 0 Å². The van der Waals surface area contributed by atoms with Gasteiger partial charge in [-0.1, -0.05) is 11.6 Å². The van der Waals surface area contributed by atoms with E-state index in [0.717, 1.165) is 0 Å². The monoisotopic (exact) mass is 290 g/mol. The zero-order chi connectivity index (χ0) is 11.0. The van der Waals surface area contributed by atoms with Crippen LogP contribution >= 0.6 is 27.5 Å². The average molecular weight is 292 g/mol. The van der Waals surface area contributed by atoms with Crippen LogP contribution in [0.25, 0.3) is 0 Å². The number of Topliss-reactive ketones (excluding diaryl/α,β-unsaturated/α-hetero) is 1. The van der Waals surface area contributed by atoms with Gasteiger partial charge in [-0.2, -0.15) is 0 Å². The van der Waals surface area contributed by atoms with E-state index >= 15 is 0 Å². The minimum absolute atomic E-state index is 0.0431. The molecule has 1 aliphatic heterocycles. The van der Waals surface area contributed by atoms with E-state index in [9.17, 15) is 4.79 Å². The number of hydrogen-bond acceptors (Lipinski definition) is 3. The Hall–Kier alpha value is -0.740. The van der Waals surface area contributed by atoms with Crippen LogP contribution in [0.3, 0.4) is 0 Å². The fourth-order valence-corrected chi connectivity index (χ4v) is 2.54. The van der Waals surface area contributed by atoms with E-state index in [2.05, 4.69) is 15.9 Å². The third kappa shape index (κ3) is 1.72. The lowest BCUT2D eigenvalue weighted by molar-refractivity contribution is 0.0933. The predicted molar refractivity (Wildman–Crippen MR) is 60.1 cm³/mol. The van der Waals surface area contributed by atoms with Crippen LogP contribution in [0, 0.1) is 0 Å². The van der Waals surface area contributed by atoms with Gasteiger partial charge in [0.2, 0.25) is 0 Å². The molecule has 0 N–H and O–H groups in total. The highest BCUT2D eigenvalue weighted by Crippen LogP contribution is 2.44. The van der Waals surface area contributed by atoms with E-state index < -0.39 is 0 Å². The summed E-state index contributed by atoms with van der Waals surface area (Å²) in [6, 6.07) is 1.68. The van der Waals surface area contributed by atoms with Gasteiger partial charge in [0.05, 0.1) is 23.8 Å². The maximum Gasteiger partial charge on any atom is 0.170 e. The van der Waals surface area contributed by atoms with Gasteiger partial charge in [-0.3, -0.25) is 4.79 Å². The normalized spacial score (nSPS) is 14.5. The molecule has 0 saturated heterocycles. The fourth-order valence-electron chi connectivity index (χ4n) is 1.50. The molecule has 5 heteroatoms. The molecule has 0 saturated carbocycles. The molecule has 0 unspecified atom stereocenters. The zero-order valence-corrected chi connectivity index (χ0v) is 10.3. The van der Waals surface area contributed by atoms with Crippen molar-refractivity contribution < 1.29 is 14.3 Å². The number of rotatable bonds is 1. The van der Waals surface area contributed by atoms with Crippen LogP contribution in [-0.2, 0) is 0 Å². The second-order valence-corrected chi connectivity index (χ2v) is 4.34. The van der Waals surface area contributed by atoms with Gasteiger partial charge in [0.15, 0.2) is 17.3 Å². The smallest absolute Gasteiger partial charge is 0.170 e. The molecule has 1 aliphatic rings. The number of halogens is 2. The number of ketones is 1. The van der Waals surface area contributed by atoms with Gasteiger partial charge in [0.1, 0.15) is 5.02 Å². The first kappa shape index (κ1) is 10.8. The van der Waals surface area contributed by atoms with Crippen LogP contribution in [0.4, 0.5) is 0 Å². The first-order valence-corrected chi connectivity index (χ1v) is 5.54. The quantitative estimate of drug-likeness (QED) is 0.797. The van der Waals surface area contributed by atoms with Gasteiger partial charge in [0, 0.05) is 6.42 Å². The van der Waals surface area contributed by atoms with Crippen molar-refractivity contribution in [3.05, 3.63) is 21.1 Å². The van der Waals surface area contributed by atoms with Crippen LogP contribution < -0.4 is 9.47 Å². The molecule has 1 heterocycles. The minimum atomic E-state index is 0.0431. The predicted octanol–water partition coefficient (Wildman–Crippen LogP) is 3.08. The minimum Gasteiger partial charge on any atom is -0.494 e. The molecule has 0 fully saturated rings. The van der Waals surface area contributed by atoms with Gasteiger partial charge in [-0.15, -0.1) is 0 Å². The summed E-state index contributed by atoms with van der Waals surface area (Å²) in [7, 11) is 1.52. The number of ether oxygens (including phenoxy) is 2. The molecule has 80 valence electrons. The van der Waals surface area contributed by atoms with E-state index in [0.29, 0.717) is 39.6 Å². The second-order valence-electron chi connectivity index (χ2n) is 3.10. The Morgan fingerprint density at radius 1 is 1.60 bits per heavy atom. The molecule has 0 aromatic heterocycles. The summed E-state index contributed by atoms with van der Waals surface area (Å²) in [5.74, 6) is 0.958. The summed E-state index contributed by atoms with van der Waals surface area (Å²) in [5, 5.41) is 0.343. The summed E-state index contributed by atoms with van der Waals surface area (Å²) in [5.41, 5.74) is 0.513. The molecule has 0 spiro atoms. The number of hydrogen-bond donors (Lipinski definition) is 0. The summed E-state index contributed by atoms with van der Waals surface area (Å²) in [6.07, 6.45) is 0.391. The SMILES string of the molecule is COc1c(Br)cc2c(c1Cl)OCCC2=O. The van der Waals surface area contributed by atoms with Crippen LogP contribution in [0.15, 0.2) is 10.5 Å². The van der Waals surface area contributed by atoms with Crippen molar-refractivity contribution >= 4 is 33.3 Å². The largest absolute Gasteiger partial charge is 0.494 e. The first-order chi connectivity index (χ1) is 7.15. The summed E-state index contributed by atoms with van der Waals surface area (Å²) < 4.78 is 11.1. The third-order valence-electron chi connectivity index (χ3n) is 2.21. The number of carbonyl (C=O) groups is 1. The molecule has 0 aliphatic carbocycles. The van der Waals surface area contributed by atoms with Crippen LogP contribution in [-0.4, -0.2) is 19.5 Å². The average Bonchev–Trinajstić information content (AvgIpc) is 2.20. The van der Waals surface area contributed by atoms with Gasteiger partial charge < -0.3 is 9.47 Å². The highest BCUT2D eigenvalue weighted by Gasteiger charge is 2.25. The first-order valence-electron chi connectivity index (χ1n) is 4.37. The molecule has 1 aromatic carbocycles. The Labute approximate surface area is 100 Å². The van der Waals surface area contributed by atoms with E-state index in [1.54, 1.807) is 6.07 Å². The Morgan fingerprint density at radius 3 is 3.00 bits per heavy atom. The number of carbonyl (C=O) groups excluding carboxylic acids is 1. The maximum absolute atomic E-state index is 11.6. The van der Waals surface area contributed by atoms with Gasteiger partial charge in [-0.25, -0.2) is 0 Å². The van der Waals surface area contributed by atoms with E-state index in [1.807, 2.05) is 0 Å². The molecular weight excluding hydrogens is 283 g/mol. The Balaban J connectivity index is 2.66. The lowest BCUT2D eigenvalue weighted by Gasteiger charge is -2.19. The highest BCUT2D eigenvalue weighted by molar-refractivity contribution is 9.10. The van der Waals surface area contributed by atoms with Gasteiger partial charge in [0.25, 0.3) is 0 Å². The number of benzene rings is 1. The molecular formula is C10H8BrClO3. The van der Waals surface area contributed by atoms with Crippen LogP contribution in [0.1, 0.15) is 16.8 Å². The van der Waals surface area contributed by atoms with Crippen molar-refractivity contribution in [2.24, 2.45) is 0 Å². The fraction of sp³-hybridized carbons (Fsp3) is 0.300. The molecule has 2 rings (SSSR count). The molecule has 1 aromatic rings. The molecule has 0 amide bonds. The molecule has 3 nitrogen and oxygen atoms in total. The van der Waals surface area contributed by atoms with Crippen molar-refractivity contribution in [1.29, 1.82) is 0 Å². The van der Waals surface area contributed by atoms with Gasteiger partial charge in [-0.05, 0) is 22.0 Å². The van der Waals surface area contributed by atoms with Crippen molar-refractivity contribution in [2.45, 2.75) is 6.42 Å². The standard InChI is InChI=1S/C10H8BrClO3/c1-14-10-6(11)4-5-7(13)2-3-15-9(5)8(10)12/h4H,2-3H2,1H3. The summed E-state index contributed by atoms with van der Waals surface area (Å²) >= 11 is 9.36. The van der Waals surface area contributed by atoms with Gasteiger partial charge >= 0.3 is 0 Å². The number of fused-ring (bicyclic) bond motifs is 1. The third-order valence-corrected chi connectivity index (χ3v) is 3.14. The van der Waals surface area contributed by atoms with Crippen LogP contribution in [0.5, 0.6) is 11.5 Å². The molecule has 0 atom stereocenters. The molecule has 15 heavy (non-hydrogen) atoms. The highest BCUT2D eigenvalue weighted by atomic mass is 79.9. The topological polar surface area (TPSA) is 35.5 Å². The summed E-state index contributed by atoms with van der Waals surface area (Å²) in [4.78, 5) is 11.6. The van der Waals surface area contributed by atoms with E-state index in [1.165, 1.54) is 7.11 Å². The van der Waals surface area contributed by atoms with E-state index in [-0.39, 0.29) is 5.78 Å². The van der Waals surface area contributed by atoms with Crippen molar-refractivity contribution in [2.75, 3.05) is 13.7 Å². The maximum atomic E-state index is 11.6. The summed E-state index contributed by atoms with van der Waals surface area (Å²) in [6.45, 7) is 0.371. The Morgan fingerprint density at radius 2 is 2.33 bits per heavy atom. The lowest BCUT2D eigenvalue weighted by Crippen LogP contribution is -2.16. The zero-order valence-electron chi connectivity index (χ0n) is 7.97. The Kier molecular flexibility index (Phi) is 2.89. The molecule has 0 radical (unpaired) electrons. The number of methoxy groups -OCH3 is 1. The van der Waals surface area contributed by atoms with Crippen LogP contribution in [0.2, 0.25) is 5.02 Å².